The summed E-state index contributed by atoms with van der Waals surface area (Å²) in [6.07, 6.45) is 6.54. The van der Waals surface area contributed by atoms with Crippen LogP contribution in [0.5, 0.6) is 0 Å². The topological polar surface area (TPSA) is 98.4 Å². The number of amides is 1. The Kier molecular flexibility index (Phi) is 6.46. The van der Waals surface area contributed by atoms with Gasteiger partial charge >= 0.3 is 5.97 Å². The van der Waals surface area contributed by atoms with Crippen LogP contribution in [0.2, 0.25) is 0 Å². The van der Waals surface area contributed by atoms with Gasteiger partial charge in [-0.05, 0) is 67.9 Å². The lowest BCUT2D eigenvalue weighted by Gasteiger charge is -2.41. The molecule has 7 nitrogen and oxygen atoms in total. The lowest BCUT2D eigenvalue weighted by atomic mass is 9.83. The lowest BCUT2D eigenvalue weighted by Crippen LogP contribution is -2.48. The van der Waals surface area contributed by atoms with Gasteiger partial charge in [0.05, 0.1) is 12.2 Å². The first-order chi connectivity index (χ1) is 13.9. The molecule has 29 heavy (non-hydrogen) atoms. The second-order valence-corrected chi connectivity index (χ2v) is 7.57. The van der Waals surface area contributed by atoms with E-state index in [1.54, 1.807) is 38.4 Å². The Hall–Kier alpha value is -2.96. The number of hydrogen-bond donors (Lipinski definition) is 1. The van der Waals surface area contributed by atoms with Crippen molar-refractivity contribution >= 4 is 23.5 Å². The molecular weight excluding hydrogens is 368 g/mol. The number of aromatic nitrogens is 2. The summed E-state index contributed by atoms with van der Waals surface area (Å²) in [6, 6.07) is 7.59. The molecule has 1 unspecified atom stereocenters. The van der Waals surface area contributed by atoms with Gasteiger partial charge in [-0.15, -0.1) is 0 Å². The molecule has 0 saturated heterocycles. The van der Waals surface area contributed by atoms with Gasteiger partial charge in [0, 0.05) is 31.0 Å². The van der Waals surface area contributed by atoms with Crippen LogP contribution >= 0.6 is 0 Å². The van der Waals surface area contributed by atoms with Crippen molar-refractivity contribution in [2.45, 2.75) is 46.1 Å². The van der Waals surface area contributed by atoms with E-state index in [0.29, 0.717) is 36.0 Å². The van der Waals surface area contributed by atoms with Crippen molar-refractivity contribution in [2.75, 3.05) is 17.2 Å². The Balaban J connectivity index is 0.000000290. The van der Waals surface area contributed by atoms with E-state index in [9.17, 15) is 9.59 Å². The molecule has 2 N–H and O–H groups in total. The van der Waals surface area contributed by atoms with Crippen molar-refractivity contribution in [3.63, 3.8) is 0 Å². The first-order valence-electron chi connectivity index (χ1n) is 10.0. The van der Waals surface area contributed by atoms with Gasteiger partial charge in [-0.2, -0.15) is 0 Å². The highest BCUT2D eigenvalue weighted by Crippen LogP contribution is 2.45. The van der Waals surface area contributed by atoms with E-state index < -0.39 is 0 Å². The van der Waals surface area contributed by atoms with Crippen LogP contribution < -0.4 is 10.6 Å². The molecule has 1 aromatic heterocycles. The molecule has 0 bridgehead atoms. The average molecular weight is 396 g/mol. The molecule has 1 fully saturated rings. The van der Waals surface area contributed by atoms with E-state index in [2.05, 4.69) is 16.9 Å². The third-order valence-corrected chi connectivity index (χ3v) is 5.30. The number of anilines is 2. The smallest absolute Gasteiger partial charge is 0.338 e. The minimum atomic E-state index is -0.295. The number of nitrogen functional groups attached to an aromatic ring is 1. The SMILES string of the molecule is CCOC(=O)c1ccc2c(c1)CC(C)[C@H](C1CC1)N2C(C)=O.Nc1ncccn1. The number of carbonyl (C=O) groups excluding carboxylic acids is 2. The minimum Gasteiger partial charge on any atom is -0.462 e. The van der Waals surface area contributed by atoms with Gasteiger partial charge in [0.25, 0.3) is 0 Å². The monoisotopic (exact) mass is 396 g/mol. The van der Waals surface area contributed by atoms with Crippen LogP contribution in [-0.2, 0) is 16.0 Å². The summed E-state index contributed by atoms with van der Waals surface area (Å²) in [7, 11) is 0. The number of carbonyl (C=O) groups is 2. The summed E-state index contributed by atoms with van der Waals surface area (Å²) in [5.74, 6) is 1.17. The number of benzene rings is 1. The number of hydrogen-bond acceptors (Lipinski definition) is 6. The molecule has 7 heteroatoms. The highest BCUT2D eigenvalue weighted by Gasteiger charge is 2.43. The van der Waals surface area contributed by atoms with E-state index in [-0.39, 0.29) is 11.9 Å². The van der Waals surface area contributed by atoms with E-state index in [1.807, 2.05) is 17.0 Å². The Morgan fingerprint density at radius 2 is 1.93 bits per heavy atom. The Morgan fingerprint density at radius 1 is 1.24 bits per heavy atom. The summed E-state index contributed by atoms with van der Waals surface area (Å²) in [6.45, 7) is 6.01. The first-order valence-corrected chi connectivity index (χ1v) is 10.0. The fraction of sp³-hybridized carbons (Fsp3) is 0.455. The lowest BCUT2D eigenvalue weighted by molar-refractivity contribution is -0.117. The quantitative estimate of drug-likeness (QED) is 0.800. The van der Waals surface area contributed by atoms with Crippen LogP contribution in [-0.4, -0.2) is 34.5 Å². The van der Waals surface area contributed by atoms with Crippen LogP contribution in [0, 0.1) is 11.8 Å². The third-order valence-electron chi connectivity index (χ3n) is 5.30. The van der Waals surface area contributed by atoms with Crippen LogP contribution in [0.15, 0.2) is 36.7 Å². The van der Waals surface area contributed by atoms with Crippen molar-refractivity contribution in [1.29, 1.82) is 0 Å². The molecule has 0 radical (unpaired) electrons. The molecule has 2 aliphatic rings. The molecule has 1 amide bonds. The molecule has 4 rings (SSSR count). The first kappa shape index (κ1) is 20.8. The Bertz CT molecular complexity index is 868. The van der Waals surface area contributed by atoms with Crippen LogP contribution in [0.4, 0.5) is 11.6 Å². The van der Waals surface area contributed by atoms with Crippen molar-refractivity contribution < 1.29 is 14.3 Å². The van der Waals surface area contributed by atoms with Gasteiger partial charge in [-0.1, -0.05) is 6.92 Å². The summed E-state index contributed by atoms with van der Waals surface area (Å²) < 4.78 is 5.07. The van der Waals surface area contributed by atoms with E-state index >= 15 is 0 Å². The Labute approximate surface area is 171 Å². The molecule has 1 saturated carbocycles. The number of rotatable bonds is 3. The maximum absolute atomic E-state index is 12.2. The minimum absolute atomic E-state index is 0.0913. The van der Waals surface area contributed by atoms with E-state index in [0.717, 1.165) is 17.7 Å². The van der Waals surface area contributed by atoms with Crippen molar-refractivity contribution in [1.82, 2.24) is 9.97 Å². The van der Waals surface area contributed by atoms with Gasteiger partial charge in [0.1, 0.15) is 0 Å². The zero-order chi connectivity index (χ0) is 21.0. The zero-order valence-electron chi connectivity index (χ0n) is 17.2. The number of esters is 1. The molecule has 2 heterocycles. The van der Waals surface area contributed by atoms with E-state index in [4.69, 9.17) is 10.5 Å². The van der Waals surface area contributed by atoms with E-state index in [1.165, 1.54) is 12.8 Å². The summed E-state index contributed by atoms with van der Waals surface area (Å²) in [5.41, 5.74) is 7.75. The van der Waals surface area contributed by atoms with Gasteiger partial charge in [0.15, 0.2) is 0 Å². The maximum Gasteiger partial charge on any atom is 0.338 e. The summed E-state index contributed by atoms with van der Waals surface area (Å²) in [4.78, 5) is 33.4. The number of nitrogens with zero attached hydrogens (tertiary/aromatic N) is 3. The van der Waals surface area contributed by atoms with Gasteiger partial charge < -0.3 is 15.4 Å². The van der Waals surface area contributed by atoms with Gasteiger partial charge in [-0.25, -0.2) is 14.8 Å². The van der Waals surface area contributed by atoms with Crippen molar-refractivity contribution in [3.05, 3.63) is 47.8 Å². The zero-order valence-corrected chi connectivity index (χ0v) is 17.2. The molecular formula is C22H28N4O3. The highest BCUT2D eigenvalue weighted by molar-refractivity contribution is 5.96. The maximum atomic E-state index is 12.2. The summed E-state index contributed by atoms with van der Waals surface area (Å²) >= 11 is 0. The number of ether oxygens (including phenoxy) is 1. The normalized spacial score (nSPS) is 20.2. The molecule has 1 aliphatic heterocycles. The van der Waals surface area contributed by atoms with Crippen LogP contribution in [0.1, 0.15) is 49.5 Å². The number of nitrogens with two attached hydrogens (primary N) is 1. The predicted molar refractivity (Wildman–Crippen MR) is 111 cm³/mol. The fourth-order valence-corrected chi connectivity index (χ4v) is 4.01. The van der Waals surface area contributed by atoms with Crippen molar-refractivity contribution in [3.8, 4) is 0 Å². The summed E-state index contributed by atoms with van der Waals surface area (Å²) in [5, 5.41) is 0. The average Bonchev–Trinajstić information content (AvgIpc) is 3.52. The predicted octanol–water partition coefficient (Wildman–Crippen LogP) is 3.25. The highest BCUT2D eigenvalue weighted by atomic mass is 16.5. The molecule has 0 spiro atoms. The second-order valence-electron chi connectivity index (χ2n) is 7.57. The second kappa shape index (κ2) is 9.03. The van der Waals surface area contributed by atoms with Gasteiger partial charge in [-0.3, -0.25) is 4.79 Å². The number of fused-ring (bicyclic) bond motifs is 1. The molecule has 2 aromatic rings. The standard InChI is InChI=1S/C18H23NO3.C4H5N3/c1-4-22-18(21)14-7-8-16-15(10-14)9-11(2)17(13-5-6-13)19(16)12(3)20;5-4-6-2-1-3-7-4/h7-8,10-11,13,17H,4-6,9H2,1-3H3;1-3H,(H2,5,6,7)/t11?,17-;/m1./s1. The van der Waals surface area contributed by atoms with Crippen LogP contribution in [0.3, 0.4) is 0 Å². The van der Waals surface area contributed by atoms with Crippen LogP contribution in [0.25, 0.3) is 0 Å². The molecule has 154 valence electrons. The third kappa shape index (κ3) is 4.91. The van der Waals surface area contributed by atoms with Gasteiger partial charge in [0.2, 0.25) is 11.9 Å². The molecule has 1 aromatic carbocycles. The van der Waals surface area contributed by atoms with Crippen molar-refractivity contribution in [2.24, 2.45) is 11.8 Å². The largest absolute Gasteiger partial charge is 0.462 e. The Morgan fingerprint density at radius 3 is 2.45 bits per heavy atom. The molecule has 1 aliphatic carbocycles. The fourth-order valence-electron chi connectivity index (χ4n) is 4.01. The molecule has 2 atom stereocenters.